The van der Waals surface area contributed by atoms with Crippen LogP contribution in [0.1, 0.15) is 29.3 Å². The molecule has 0 aliphatic heterocycles. The molecular weight excluding hydrogens is 284 g/mol. The van der Waals surface area contributed by atoms with Crippen LogP contribution in [0.3, 0.4) is 0 Å². The first-order chi connectivity index (χ1) is 10.5. The maximum atomic E-state index is 11.3. The predicted molar refractivity (Wildman–Crippen MR) is 83.8 cm³/mol. The van der Waals surface area contributed by atoms with E-state index in [2.05, 4.69) is 12.2 Å². The van der Waals surface area contributed by atoms with Crippen LogP contribution in [0.15, 0.2) is 42.5 Å². The largest absolute Gasteiger partial charge is 0.478 e. The van der Waals surface area contributed by atoms with Crippen molar-refractivity contribution < 1.29 is 14.8 Å². The van der Waals surface area contributed by atoms with Crippen LogP contribution in [0, 0.1) is 10.1 Å². The van der Waals surface area contributed by atoms with Crippen LogP contribution >= 0.6 is 0 Å². The molecule has 22 heavy (non-hydrogen) atoms. The Labute approximate surface area is 127 Å². The van der Waals surface area contributed by atoms with Gasteiger partial charge in [0.1, 0.15) is 0 Å². The number of nitrogens with zero attached hydrogens (tertiary/aromatic N) is 1. The van der Waals surface area contributed by atoms with Crippen LogP contribution in [0.25, 0.3) is 0 Å². The first-order valence-electron chi connectivity index (χ1n) is 6.89. The molecule has 0 saturated heterocycles. The third-order valence-corrected chi connectivity index (χ3v) is 3.22. The summed E-state index contributed by atoms with van der Waals surface area (Å²) in [4.78, 5) is 21.4. The number of carboxylic acids is 1. The zero-order chi connectivity index (χ0) is 16.1. The van der Waals surface area contributed by atoms with Gasteiger partial charge in [-0.1, -0.05) is 25.5 Å². The van der Waals surface area contributed by atoms with E-state index in [0.717, 1.165) is 24.6 Å². The Balaban J connectivity index is 2.28. The molecule has 0 radical (unpaired) electrons. The van der Waals surface area contributed by atoms with Gasteiger partial charge in [0.25, 0.3) is 5.69 Å². The molecular formula is C16H16N2O4. The molecule has 0 unspecified atom stereocenters. The molecule has 0 atom stereocenters. The van der Waals surface area contributed by atoms with E-state index in [-0.39, 0.29) is 11.3 Å². The lowest BCUT2D eigenvalue weighted by atomic mass is 10.1. The molecule has 2 N–H and O–H groups in total. The number of rotatable bonds is 6. The second-order valence-corrected chi connectivity index (χ2v) is 4.86. The van der Waals surface area contributed by atoms with Crippen molar-refractivity contribution >= 4 is 23.0 Å². The van der Waals surface area contributed by atoms with Gasteiger partial charge in [-0.3, -0.25) is 10.1 Å². The number of carbonyl (C=O) groups is 1. The van der Waals surface area contributed by atoms with E-state index in [4.69, 9.17) is 0 Å². The van der Waals surface area contributed by atoms with E-state index >= 15 is 0 Å². The highest BCUT2D eigenvalue weighted by atomic mass is 16.6. The minimum atomic E-state index is -1.21. The van der Waals surface area contributed by atoms with E-state index in [9.17, 15) is 20.0 Å². The summed E-state index contributed by atoms with van der Waals surface area (Å²) in [5, 5.41) is 22.9. The van der Waals surface area contributed by atoms with Crippen molar-refractivity contribution in [1.82, 2.24) is 0 Å². The normalized spacial score (nSPS) is 10.2. The van der Waals surface area contributed by atoms with Gasteiger partial charge in [-0.25, -0.2) is 4.79 Å². The SMILES string of the molecule is CCCc1ccc(Nc2ccc([N+](=O)[O-])cc2C(=O)O)cc1. The fourth-order valence-corrected chi connectivity index (χ4v) is 2.13. The third-order valence-electron chi connectivity index (χ3n) is 3.22. The number of hydrogen-bond acceptors (Lipinski definition) is 4. The fourth-order valence-electron chi connectivity index (χ4n) is 2.13. The summed E-state index contributed by atoms with van der Waals surface area (Å²) in [6.07, 6.45) is 2.04. The van der Waals surface area contributed by atoms with Crippen molar-refractivity contribution in [2.45, 2.75) is 19.8 Å². The molecule has 0 aliphatic carbocycles. The van der Waals surface area contributed by atoms with Gasteiger partial charge in [0.2, 0.25) is 0 Å². The summed E-state index contributed by atoms with van der Waals surface area (Å²) < 4.78 is 0. The maximum absolute atomic E-state index is 11.3. The number of anilines is 2. The van der Waals surface area contributed by atoms with Crippen LogP contribution in [0.2, 0.25) is 0 Å². The van der Waals surface area contributed by atoms with Crippen LogP contribution in [-0.4, -0.2) is 16.0 Å². The molecule has 0 bridgehead atoms. The number of hydrogen-bond donors (Lipinski definition) is 2. The topological polar surface area (TPSA) is 92.5 Å². The summed E-state index contributed by atoms with van der Waals surface area (Å²) in [7, 11) is 0. The van der Waals surface area contributed by atoms with E-state index < -0.39 is 10.9 Å². The molecule has 0 fully saturated rings. The van der Waals surface area contributed by atoms with Gasteiger partial charge in [-0.05, 0) is 30.2 Å². The molecule has 6 nitrogen and oxygen atoms in total. The average molecular weight is 300 g/mol. The Morgan fingerprint density at radius 1 is 1.23 bits per heavy atom. The molecule has 6 heteroatoms. The summed E-state index contributed by atoms with van der Waals surface area (Å²) in [5.41, 5.74) is 1.88. The Kier molecular flexibility index (Phi) is 4.73. The number of aromatic carboxylic acids is 1. The molecule has 2 rings (SSSR count). The van der Waals surface area contributed by atoms with Gasteiger partial charge in [0.15, 0.2) is 0 Å². The van der Waals surface area contributed by atoms with Crippen molar-refractivity contribution in [3.8, 4) is 0 Å². The molecule has 0 saturated carbocycles. The molecule has 0 aromatic heterocycles. The summed E-state index contributed by atoms with van der Waals surface area (Å²) in [5.74, 6) is -1.21. The van der Waals surface area contributed by atoms with Gasteiger partial charge in [0.05, 0.1) is 16.2 Å². The molecule has 0 heterocycles. The second kappa shape index (κ2) is 6.71. The Morgan fingerprint density at radius 3 is 2.45 bits per heavy atom. The minimum Gasteiger partial charge on any atom is -0.478 e. The molecule has 0 amide bonds. The molecule has 114 valence electrons. The van der Waals surface area contributed by atoms with Gasteiger partial charge in [0, 0.05) is 17.8 Å². The summed E-state index contributed by atoms with van der Waals surface area (Å²) in [6, 6.07) is 11.4. The highest BCUT2D eigenvalue weighted by Gasteiger charge is 2.16. The van der Waals surface area contributed by atoms with E-state index in [1.165, 1.54) is 17.7 Å². The van der Waals surface area contributed by atoms with Crippen LogP contribution < -0.4 is 5.32 Å². The van der Waals surface area contributed by atoms with Gasteiger partial charge < -0.3 is 10.4 Å². The summed E-state index contributed by atoms with van der Waals surface area (Å²) in [6.45, 7) is 2.10. The second-order valence-electron chi connectivity index (χ2n) is 4.86. The van der Waals surface area contributed by atoms with Gasteiger partial charge in [-0.15, -0.1) is 0 Å². The smallest absolute Gasteiger partial charge is 0.338 e. The molecule has 0 aliphatic rings. The lowest BCUT2D eigenvalue weighted by molar-refractivity contribution is -0.384. The van der Waals surface area contributed by atoms with Crippen molar-refractivity contribution in [2.24, 2.45) is 0 Å². The number of aryl methyl sites for hydroxylation is 1. The van der Waals surface area contributed by atoms with Crippen molar-refractivity contribution in [3.05, 3.63) is 63.7 Å². The fraction of sp³-hybridized carbons (Fsp3) is 0.188. The number of nitro groups is 1. The maximum Gasteiger partial charge on any atom is 0.338 e. The highest BCUT2D eigenvalue weighted by Crippen LogP contribution is 2.25. The summed E-state index contributed by atoms with van der Waals surface area (Å²) >= 11 is 0. The number of carboxylic acid groups (broad SMARTS) is 1. The van der Waals surface area contributed by atoms with Crippen LogP contribution in [0.5, 0.6) is 0 Å². The number of nitro benzene ring substituents is 1. The van der Waals surface area contributed by atoms with E-state index in [1.54, 1.807) is 0 Å². The van der Waals surface area contributed by atoms with E-state index in [0.29, 0.717) is 5.69 Å². The number of nitrogens with one attached hydrogen (secondary N) is 1. The lowest BCUT2D eigenvalue weighted by Crippen LogP contribution is -2.04. The molecule has 2 aromatic carbocycles. The standard InChI is InChI=1S/C16H16N2O4/c1-2-3-11-4-6-12(7-5-11)17-15-9-8-13(18(21)22)10-14(15)16(19)20/h4-10,17H,2-3H2,1H3,(H,19,20). The Morgan fingerprint density at radius 2 is 1.91 bits per heavy atom. The van der Waals surface area contributed by atoms with Gasteiger partial charge >= 0.3 is 5.97 Å². The monoisotopic (exact) mass is 300 g/mol. The van der Waals surface area contributed by atoms with Crippen molar-refractivity contribution in [3.63, 3.8) is 0 Å². The van der Waals surface area contributed by atoms with Crippen molar-refractivity contribution in [1.29, 1.82) is 0 Å². The first kappa shape index (κ1) is 15.5. The Bertz CT molecular complexity index is 696. The Hall–Kier alpha value is -2.89. The van der Waals surface area contributed by atoms with Crippen LogP contribution in [0.4, 0.5) is 17.1 Å². The molecule has 2 aromatic rings. The quantitative estimate of drug-likeness (QED) is 0.621. The number of benzene rings is 2. The number of non-ortho nitro benzene ring substituents is 1. The zero-order valence-electron chi connectivity index (χ0n) is 12.1. The third kappa shape index (κ3) is 3.60. The average Bonchev–Trinajstić information content (AvgIpc) is 2.49. The van der Waals surface area contributed by atoms with Gasteiger partial charge in [-0.2, -0.15) is 0 Å². The minimum absolute atomic E-state index is 0.133. The molecule has 0 spiro atoms. The van der Waals surface area contributed by atoms with Crippen LogP contribution in [-0.2, 0) is 6.42 Å². The van der Waals surface area contributed by atoms with E-state index in [1.807, 2.05) is 24.3 Å². The first-order valence-corrected chi connectivity index (χ1v) is 6.89. The predicted octanol–water partition coefficient (Wildman–Crippen LogP) is 3.99. The lowest BCUT2D eigenvalue weighted by Gasteiger charge is -2.10. The van der Waals surface area contributed by atoms with Crippen molar-refractivity contribution in [2.75, 3.05) is 5.32 Å². The highest BCUT2D eigenvalue weighted by molar-refractivity contribution is 5.96. The zero-order valence-corrected chi connectivity index (χ0v) is 12.1.